The van der Waals surface area contributed by atoms with Gasteiger partial charge in [0, 0.05) is 12.8 Å². The third-order valence-corrected chi connectivity index (χ3v) is 6.32. The molecule has 2 unspecified atom stereocenters. The molecule has 0 fully saturated rings. The van der Waals surface area contributed by atoms with Crippen molar-refractivity contribution in [2.75, 3.05) is 0 Å². The molecule has 2 atom stereocenters. The molecule has 0 aliphatic carbocycles. The fourth-order valence-electron chi connectivity index (χ4n) is 4.06. The minimum atomic E-state index is -0.940. The van der Waals surface area contributed by atoms with Crippen LogP contribution >= 0.6 is 0 Å². The van der Waals surface area contributed by atoms with Crippen LogP contribution in [0.2, 0.25) is 0 Å². The van der Waals surface area contributed by atoms with Gasteiger partial charge in [-0.25, -0.2) is 0 Å². The highest BCUT2D eigenvalue weighted by atomic mass is 16.5. The quantitative estimate of drug-likeness (QED) is 0.280. The van der Waals surface area contributed by atoms with E-state index in [-0.39, 0.29) is 5.78 Å². The van der Waals surface area contributed by atoms with Crippen LogP contribution in [0.25, 0.3) is 0 Å². The molecule has 172 valence electrons. The Balaban J connectivity index is 1.73. The van der Waals surface area contributed by atoms with Gasteiger partial charge in [-0.15, -0.1) is 0 Å². The summed E-state index contributed by atoms with van der Waals surface area (Å²) < 4.78 is 5.38. The number of ether oxygens (including phenoxy) is 1. The molecule has 0 aromatic heterocycles. The van der Waals surface area contributed by atoms with Gasteiger partial charge in [-0.2, -0.15) is 0 Å². The molecule has 0 bridgehead atoms. The number of carboxylic acid groups (broad SMARTS) is 1. The molecule has 0 aliphatic heterocycles. The van der Waals surface area contributed by atoms with E-state index in [4.69, 9.17) is 4.74 Å². The number of ketones is 1. The van der Waals surface area contributed by atoms with Gasteiger partial charge in [-0.05, 0) is 57.1 Å². The van der Waals surface area contributed by atoms with Crippen LogP contribution < -0.4 is 0 Å². The molecule has 2 rings (SSSR count). The second-order valence-corrected chi connectivity index (χ2v) is 8.77. The Morgan fingerprint density at radius 1 is 0.812 bits per heavy atom. The van der Waals surface area contributed by atoms with Gasteiger partial charge in [-0.1, -0.05) is 67.1 Å². The first-order valence-electron chi connectivity index (χ1n) is 11.3. The zero-order valence-corrected chi connectivity index (χ0v) is 19.1. The normalized spacial score (nSPS) is 14.7. The number of carbonyl (C=O) groups excluding carboxylic acids is 2. The molecule has 0 heterocycles. The van der Waals surface area contributed by atoms with E-state index in [2.05, 4.69) is 0 Å². The van der Waals surface area contributed by atoms with Gasteiger partial charge >= 0.3 is 5.97 Å². The molecule has 1 N–H and O–H groups in total. The number of aliphatic carboxylic acids is 1. The minimum Gasteiger partial charge on any atom is -0.481 e. The molecule has 0 spiro atoms. The second-order valence-electron chi connectivity index (χ2n) is 8.77. The minimum absolute atomic E-state index is 0.194. The van der Waals surface area contributed by atoms with E-state index in [0.29, 0.717) is 45.0 Å². The molecule has 0 amide bonds. The standard InChI is InChI=1S/C27H34O5/c1-26(25(30)31,22-13-5-3-6-14-22)19-11-9-17-24(29)18-10-12-20-27(2,32-21-28)23-15-7-4-8-16-23/h3-8,13-16,21H,9-12,17-20H2,1-2H3,(H,30,31). The lowest BCUT2D eigenvalue weighted by Gasteiger charge is -2.28. The van der Waals surface area contributed by atoms with Gasteiger partial charge in [0.25, 0.3) is 6.47 Å². The number of unbranched alkanes of at least 4 members (excludes halogenated alkanes) is 2. The molecule has 0 saturated heterocycles. The summed E-state index contributed by atoms with van der Waals surface area (Å²) in [4.78, 5) is 35.1. The van der Waals surface area contributed by atoms with Gasteiger partial charge in [-0.3, -0.25) is 14.4 Å². The Morgan fingerprint density at radius 2 is 1.31 bits per heavy atom. The van der Waals surface area contributed by atoms with Crippen LogP contribution in [0.15, 0.2) is 60.7 Å². The van der Waals surface area contributed by atoms with E-state index in [9.17, 15) is 19.5 Å². The Bertz CT molecular complexity index is 864. The third kappa shape index (κ3) is 7.04. The van der Waals surface area contributed by atoms with Crippen LogP contribution in [-0.4, -0.2) is 23.3 Å². The Kier molecular flexibility index (Phi) is 9.63. The number of carbonyl (C=O) groups is 3. The number of carboxylic acids is 1. The van der Waals surface area contributed by atoms with E-state index in [1.54, 1.807) is 6.92 Å². The second kappa shape index (κ2) is 12.2. The number of hydrogen-bond donors (Lipinski definition) is 1. The highest BCUT2D eigenvalue weighted by Crippen LogP contribution is 2.31. The summed E-state index contributed by atoms with van der Waals surface area (Å²) in [6, 6.07) is 18.9. The summed E-state index contributed by atoms with van der Waals surface area (Å²) in [5, 5.41) is 9.73. The molecular formula is C27H34O5. The predicted octanol–water partition coefficient (Wildman–Crippen LogP) is 5.81. The zero-order valence-electron chi connectivity index (χ0n) is 19.1. The number of rotatable bonds is 15. The number of benzene rings is 2. The smallest absolute Gasteiger partial charge is 0.313 e. The molecule has 32 heavy (non-hydrogen) atoms. The SMILES string of the molecule is CC(CCCCC(=O)CCCCC(C)(C(=O)O)c1ccccc1)(OC=O)c1ccccc1. The molecule has 2 aromatic carbocycles. The maximum atomic E-state index is 12.3. The fourth-order valence-corrected chi connectivity index (χ4v) is 4.06. The van der Waals surface area contributed by atoms with Crippen molar-refractivity contribution in [2.45, 2.75) is 76.2 Å². The van der Waals surface area contributed by atoms with Crippen molar-refractivity contribution in [1.82, 2.24) is 0 Å². The lowest BCUT2D eigenvalue weighted by molar-refractivity contribution is -0.144. The van der Waals surface area contributed by atoms with Crippen molar-refractivity contribution in [1.29, 1.82) is 0 Å². The van der Waals surface area contributed by atoms with E-state index >= 15 is 0 Å². The van der Waals surface area contributed by atoms with Crippen molar-refractivity contribution in [3.8, 4) is 0 Å². The van der Waals surface area contributed by atoms with E-state index in [0.717, 1.165) is 24.0 Å². The lowest BCUT2D eigenvalue weighted by atomic mass is 9.78. The van der Waals surface area contributed by atoms with Crippen LogP contribution in [0.5, 0.6) is 0 Å². The first kappa shape index (κ1) is 25.3. The summed E-state index contributed by atoms with van der Waals surface area (Å²) in [5.41, 5.74) is 0.103. The van der Waals surface area contributed by atoms with Crippen molar-refractivity contribution in [3.63, 3.8) is 0 Å². The molecular weight excluding hydrogens is 404 g/mol. The molecule has 2 aromatic rings. The summed E-state index contributed by atoms with van der Waals surface area (Å²) >= 11 is 0. The Morgan fingerprint density at radius 3 is 1.81 bits per heavy atom. The molecule has 0 saturated carbocycles. The van der Waals surface area contributed by atoms with Gasteiger partial charge in [0.2, 0.25) is 0 Å². The van der Waals surface area contributed by atoms with E-state index < -0.39 is 17.0 Å². The van der Waals surface area contributed by atoms with Gasteiger partial charge in [0.15, 0.2) is 0 Å². The fraction of sp³-hybridized carbons (Fsp3) is 0.444. The first-order valence-corrected chi connectivity index (χ1v) is 11.3. The zero-order chi connectivity index (χ0) is 23.5. The summed E-state index contributed by atoms with van der Waals surface area (Å²) in [5.74, 6) is -0.645. The third-order valence-electron chi connectivity index (χ3n) is 6.32. The maximum absolute atomic E-state index is 12.3. The van der Waals surface area contributed by atoms with Gasteiger partial charge in [0.1, 0.15) is 11.4 Å². The summed E-state index contributed by atoms with van der Waals surface area (Å²) in [6.07, 6.45) is 4.98. The molecule has 0 radical (unpaired) electrons. The average molecular weight is 439 g/mol. The van der Waals surface area contributed by atoms with Crippen LogP contribution in [-0.2, 0) is 30.1 Å². The summed E-state index contributed by atoms with van der Waals surface area (Å²) in [6.45, 7) is 4.13. The molecule has 5 nitrogen and oxygen atoms in total. The maximum Gasteiger partial charge on any atom is 0.313 e. The van der Waals surface area contributed by atoms with Crippen LogP contribution in [0, 0.1) is 0 Å². The van der Waals surface area contributed by atoms with Crippen molar-refractivity contribution < 1.29 is 24.2 Å². The lowest BCUT2D eigenvalue weighted by Crippen LogP contribution is -2.32. The number of hydrogen-bond acceptors (Lipinski definition) is 4. The van der Waals surface area contributed by atoms with Crippen molar-refractivity contribution in [3.05, 3.63) is 71.8 Å². The van der Waals surface area contributed by atoms with Crippen LogP contribution in [0.3, 0.4) is 0 Å². The van der Waals surface area contributed by atoms with Crippen molar-refractivity contribution >= 4 is 18.2 Å². The predicted molar refractivity (Wildman–Crippen MR) is 124 cm³/mol. The highest BCUT2D eigenvalue weighted by molar-refractivity contribution is 5.81. The Labute approximate surface area is 190 Å². The van der Waals surface area contributed by atoms with Crippen LogP contribution in [0.4, 0.5) is 0 Å². The molecule has 0 aliphatic rings. The average Bonchev–Trinajstić information content (AvgIpc) is 2.80. The summed E-state index contributed by atoms with van der Waals surface area (Å²) in [7, 11) is 0. The van der Waals surface area contributed by atoms with Crippen LogP contribution in [0.1, 0.15) is 76.3 Å². The van der Waals surface area contributed by atoms with E-state index in [1.165, 1.54) is 0 Å². The Hall–Kier alpha value is -2.95. The van der Waals surface area contributed by atoms with E-state index in [1.807, 2.05) is 67.6 Å². The molecule has 5 heteroatoms. The largest absolute Gasteiger partial charge is 0.481 e. The van der Waals surface area contributed by atoms with Gasteiger partial charge in [0.05, 0.1) is 5.41 Å². The highest BCUT2D eigenvalue weighted by Gasteiger charge is 2.34. The number of Topliss-reactive ketones (excluding diaryl/α,β-unsaturated/α-hetero) is 1. The van der Waals surface area contributed by atoms with Crippen molar-refractivity contribution in [2.24, 2.45) is 0 Å². The first-order chi connectivity index (χ1) is 15.3. The van der Waals surface area contributed by atoms with Gasteiger partial charge < -0.3 is 9.84 Å². The topological polar surface area (TPSA) is 80.7 Å². The monoisotopic (exact) mass is 438 g/mol.